The summed E-state index contributed by atoms with van der Waals surface area (Å²) in [5, 5.41) is 12.6. The number of nitrogens with two attached hydrogens (primary N) is 1. The Bertz CT molecular complexity index is 707. The highest BCUT2D eigenvalue weighted by Crippen LogP contribution is 2.23. The first-order valence-corrected chi connectivity index (χ1v) is 8.45. The molecule has 126 valence electrons. The summed E-state index contributed by atoms with van der Waals surface area (Å²) in [5.41, 5.74) is 9.17. The van der Waals surface area contributed by atoms with E-state index in [9.17, 15) is 4.79 Å². The van der Waals surface area contributed by atoms with Crippen molar-refractivity contribution in [3.05, 3.63) is 47.7 Å². The summed E-state index contributed by atoms with van der Waals surface area (Å²) in [6.45, 7) is 0.713. The van der Waals surface area contributed by atoms with Crippen LogP contribution in [0, 0.1) is 0 Å². The largest absolute Gasteiger partial charge is 0.478 e. The first kappa shape index (κ1) is 16.5. The number of nitrogen functional groups attached to an aromatic ring is 1. The lowest BCUT2D eigenvalue weighted by Crippen LogP contribution is -2.30. The van der Waals surface area contributed by atoms with Crippen molar-refractivity contribution < 1.29 is 9.90 Å². The molecule has 1 aromatic heterocycles. The lowest BCUT2D eigenvalue weighted by Gasteiger charge is -2.23. The van der Waals surface area contributed by atoms with Crippen molar-refractivity contribution in [2.45, 2.75) is 44.7 Å². The first-order chi connectivity index (χ1) is 11.6. The van der Waals surface area contributed by atoms with Crippen molar-refractivity contribution in [1.82, 2.24) is 10.3 Å². The van der Waals surface area contributed by atoms with Gasteiger partial charge in [0.25, 0.3) is 0 Å². The SMILES string of the molecule is Nc1ncc(-c2ccc(C(=O)O)cc2)cc1CNC1CCCCC1. The van der Waals surface area contributed by atoms with Crippen molar-refractivity contribution in [1.29, 1.82) is 0 Å². The van der Waals surface area contributed by atoms with Crippen LogP contribution in [-0.2, 0) is 6.54 Å². The monoisotopic (exact) mass is 325 g/mol. The minimum atomic E-state index is -0.922. The van der Waals surface area contributed by atoms with Gasteiger partial charge in [-0.2, -0.15) is 0 Å². The van der Waals surface area contributed by atoms with Crippen LogP contribution in [0.1, 0.15) is 48.0 Å². The molecule has 0 unspecified atom stereocenters. The van der Waals surface area contributed by atoms with Gasteiger partial charge in [-0.15, -0.1) is 0 Å². The Morgan fingerprint density at radius 3 is 2.54 bits per heavy atom. The maximum Gasteiger partial charge on any atom is 0.335 e. The molecule has 0 amide bonds. The second kappa shape index (κ2) is 7.45. The molecule has 1 aliphatic carbocycles. The molecule has 5 nitrogen and oxygen atoms in total. The average Bonchev–Trinajstić information content (AvgIpc) is 2.62. The summed E-state index contributed by atoms with van der Waals surface area (Å²) < 4.78 is 0. The van der Waals surface area contributed by atoms with E-state index < -0.39 is 5.97 Å². The van der Waals surface area contributed by atoms with Crippen LogP contribution in [0.2, 0.25) is 0 Å². The first-order valence-electron chi connectivity index (χ1n) is 8.45. The zero-order valence-electron chi connectivity index (χ0n) is 13.7. The van der Waals surface area contributed by atoms with Crippen LogP contribution in [0.15, 0.2) is 36.5 Å². The van der Waals surface area contributed by atoms with Crippen LogP contribution in [0.25, 0.3) is 11.1 Å². The molecule has 1 fully saturated rings. The van der Waals surface area contributed by atoms with E-state index in [2.05, 4.69) is 10.3 Å². The predicted octanol–water partition coefficient (Wildman–Crippen LogP) is 3.45. The Kier molecular flexibility index (Phi) is 5.11. The minimum Gasteiger partial charge on any atom is -0.478 e. The Morgan fingerprint density at radius 2 is 1.88 bits per heavy atom. The number of carbonyl (C=O) groups is 1. The summed E-state index contributed by atoms with van der Waals surface area (Å²) in [6, 6.07) is 9.41. The van der Waals surface area contributed by atoms with Gasteiger partial charge in [-0.05, 0) is 36.6 Å². The number of hydrogen-bond donors (Lipinski definition) is 3. The van der Waals surface area contributed by atoms with Crippen LogP contribution < -0.4 is 11.1 Å². The number of pyridine rings is 1. The lowest BCUT2D eigenvalue weighted by molar-refractivity contribution is 0.0697. The highest BCUT2D eigenvalue weighted by atomic mass is 16.4. The average molecular weight is 325 g/mol. The minimum absolute atomic E-state index is 0.279. The fraction of sp³-hybridized carbons (Fsp3) is 0.368. The van der Waals surface area contributed by atoms with Gasteiger partial charge in [0.05, 0.1) is 5.56 Å². The molecular formula is C19H23N3O2. The summed E-state index contributed by atoms with van der Waals surface area (Å²) in [7, 11) is 0. The molecule has 24 heavy (non-hydrogen) atoms. The van der Waals surface area contributed by atoms with Crippen LogP contribution in [0.3, 0.4) is 0 Å². The molecular weight excluding hydrogens is 302 g/mol. The van der Waals surface area contributed by atoms with E-state index in [0.717, 1.165) is 16.7 Å². The third kappa shape index (κ3) is 3.92. The number of benzene rings is 1. The Labute approximate surface area is 141 Å². The Hall–Kier alpha value is -2.40. The number of aromatic nitrogens is 1. The second-order valence-corrected chi connectivity index (χ2v) is 6.37. The predicted molar refractivity (Wildman–Crippen MR) is 94.8 cm³/mol. The molecule has 1 heterocycles. The van der Waals surface area contributed by atoms with Gasteiger partial charge in [-0.1, -0.05) is 31.4 Å². The normalized spacial score (nSPS) is 15.3. The molecule has 0 atom stereocenters. The van der Waals surface area contributed by atoms with E-state index >= 15 is 0 Å². The van der Waals surface area contributed by atoms with Gasteiger partial charge in [0.1, 0.15) is 5.82 Å². The topological polar surface area (TPSA) is 88.2 Å². The number of carboxylic acids is 1. The Balaban J connectivity index is 1.74. The van der Waals surface area contributed by atoms with E-state index in [0.29, 0.717) is 18.4 Å². The van der Waals surface area contributed by atoms with Crippen molar-refractivity contribution in [3.63, 3.8) is 0 Å². The van der Waals surface area contributed by atoms with Gasteiger partial charge in [-0.3, -0.25) is 0 Å². The fourth-order valence-corrected chi connectivity index (χ4v) is 3.19. The second-order valence-electron chi connectivity index (χ2n) is 6.37. The van der Waals surface area contributed by atoms with Crippen LogP contribution in [0.4, 0.5) is 5.82 Å². The smallest absolute Gasteiger partial charge is 0.335 e. The molecule has 0 radical (unpaired) electrons. The molecule has 0 saturated heterocycles. The van der Waals surface area contributed by atoms with Crippen molar-refractivity contribution >= 4 is 11.8 Å². The third-order valence-corrected chi connectivity index (χ3v) is 4.65. The molecule has 5 heteroatoms. The van der Waals surface area contributed by atoms with Gasteiger partial charge in [-0.25, -0.2) is 9.78 Å². The van der Waals surface area contributed by atoms with Crippen molar-refractivity contribution in [2.75, 3.05) is 5.73 Å². The number of nitrogens with one attached hydrogen (secondary N) is 1. The lowest BCUT2D eigenvalue weighted by atomic mass is 9.95. The summed E-state index contributed by atoms with van der Waals surface area (Å²) in [5.74, 6) is -0.376. The quantitative estimate of drug-likeness (QED) is 0.783. The highest BCUT2D eigenvalue weighted by Gasteiger charge is 2.13. The number of anilines is 1. The summed E-state index contributed by atoms with van der Waals surface area (Å²) >= 11 is 0. The molecule has 1 aromatic carbocycles. The molecule has 0 bridgehead atoms. The van der Waals surface area contributed by atoms with Crippen LogP contribution in [-0.4, -0.2) is 22.1 Å². The van der Waals surface area contributed by atoms with Crippen molar-refractivity contribution in [2.24, 2.45) is 0 Å². The van der Waals surface area contributed by atoms with Gasteiger partial charge in [0.2, 0.25) is 0 Å². The van der Waals surface area contributed by atoms with E-state index in [1.54, 1.807) is 30.5 Å². The number of hydrogen-bond acceptors (Lipinski definition) is 4. The number of rotatable bonds is 5. The number of carboxylic acid groups (broad SMARTS) is 1. The van der Waals surface area contributed by atoms with Gasteiger partial charge < -0.3 is 16.2 Å². The molecule has 1 saturated carbocycles. The third-order valence-electron chi connectivity index (χ3n) is 4.65. The summed E-state index contributed by atoms with van der Waals surface area (Å²) in [6.07, 6.45) is 8.11. The van der Waals surface area contributed by atoms with Crippen LogP contribution >= 0.6 is 0 Å². The molecule has 1 aliphatic rings. The number of nitrogens with zero attached hydrogens (tertiary/aromatic N) is 1. The summed E-state index contributed by atoms with van der Waals surface area (Å²) in [4.78, 5) is 15.2. The molecule has 0 spiro atoms. The number of aromatic carboxylic acids is 1. The highest BCUT2D eigenvalue weighted by molar-refractivity contribution is 5.88. The zero-order chi connectivity index (χ0) is 16.9. The maximum atomic E-state index is 10.9. The molecule has 4 N–H and O–H groups in total. The van der Waals surface area contributed by atoms with Crippen molar-refractivity contribution in [3.8, 4) is 11.1 Å². The molecule has 2 aromatic rings. The van der Waals surface area contributed by atoms with E-state index in [-0.39, 0.29) is 5.56 Å². The zero-order valence-corrected chi connectivity index (χ0v) is 13.7. The molecule has 0 aliphatic heterocycles. The van der Waals surface area contributed by atoms with E-state index in [4.69, 9.17) is 10.8 Å². The van der Waals surface area contributed by atoms with E-state index in [1.165, 1.54) is 32.1 Å². The van der Waals surface area contributed by atoms with Gasteiger partial charge >= 0.3 is 5.97 Å². The standard InChI is InChI=1S/C19H23N3O2/c20-18-16(12-21-17-4-2-1-3-5-17)10-15(11-22-18)13-6-8-14(9-7-13)19(23)24/h6-11,17,21H,1-5,12H2,(H2,20,22)(H,23,24). The van der Waals surface area contributed by atoms with E-state index in [1.807, 2.05) is 6.07 Å². The van der Waals surface area contributed by atoms with Gasteiger partial charge in [0.15, 0.2) is 0 Å². The maximum absolute atomic E-state index is 10.9. The van der Waals surface area contributed by atoms with Gasteiger partial charge in [0, 0.05) is 29.9 Å². The molecule has 3 rings (SSSR count). The van der Waals surface area contributed by atoms with Crippen LogP contribution in [0.5, 0.6) is 0 Å². The Morgan fingerprint density at radius 1 is 1.17 bits per heavy atom. The fourth-order valence-electron chi connectivity index (χ4n) is 3.19.